The van der Waals surface area contributed by atoms with Crippen LogP contribution in [-0.4, -0.2) is 35.5 Å². The van der Waals surface area contributed by atoms with E-state index in [-0.39, 0.29) is 11.9 Å². The number of pyridine rings is 1. The Hall–Kier alpha value is -2.14. The van der Waals surface area contributed by atoms with Gasteiger partial charge in [0.1, 0.15) is 5.75 Å². The SMILES string of the molecule is COc1cc2ccncc2cc1CN1CC[C@H](N)C1=O. The van der Waals surface area contributed by atoms with Crippen LogP contribution in [0.25, 0.3) is 10.8 Å². The molecule has 2 aromatic rings. The zero-order chi connectivity index (χ0) is 14.1. The fourth-order valence-corrected chi connectivity index (χ4v) is 2.60. The zero-order valence-corrected chi connectivity index (χ0v) is 11.4. The van der Waals surface area contributed by atoms with Crippen molar-refractivity contribution in [3.8, 4) is 5.75 Å². The summed E-state index contributed by atoms with van der Waals surface area (Å²) in [5.74, 6) is 0.801. The smallest absolute Gasteiger partial charge is 0.239 e. The van der Waals surface area contributed by atoms with E-state index >= 15 is 0 Å². The number of carbonyl (C=O) groups is 1. The van der Waals surface area contributed by atoms with Gasteiger partial charge in [0.25, 0.3) is 0 Å². The van der Waals surface area contributed by atoms with Crippen LogP contribution in [-0.2, 0) is 11.3 Å². The first-order valence-corrected chi connectivity index (χ1v) is 6.64. The summed E-state index contributed by atoms with van der Waals surface area (Å²) in [5, 5.41) is 2.12. The van der Waals surface area contributed by atoms with E-state index in [1.807, 2.05) is 24.4 Å². The molecule has 1 aliphatic rings. The maximum absolute atomic E-state index is 11.9. The van der Waals surface area contributed by atoms with Crippen molar-refractivity contribution in [2.45, 2.75) is 19.0 Å². The molecule has 5 heteroatoms. The first-order chi connectivity index (χ1) is 9.69. The topological polar surface area (TPSA) is 68.4 Å². The highest BCUT2D eigenvalue weighted by Gasteiger charge is 2.28. The average molecular weight is 271 g/mol. The van der Waals surface area contributed by atoms with Crippen molar-refractivity contribution in [1.29, 1.82) is 0 Å². The Bertz CT molecular complexity index is 657. The van der Waals surface area contributed by atoms with E-state index in [4.69, 9.17) is 10.5 Å². The lowest BCUT2D eigenvalue weighted by molar-refractivity contribution is -0.129. The maximum Gasteiger partial charge on any atom is 0.239 e. The number of nitrogens with zero attached hydrogens (tertiary/aromatic N) is 2. The minimum absolute atomic E-state index is 0.0123. The molecule has 1 fully saturated rings. The Morgan fingerprint density at radius 1 is 1.45 bits per heavy atom. The number of fused-ring (bicyclic) bond motifs is 1. The van der Waals surface area contributed by atoms with E-state index in [0.29, 0.717) is 13.1 Å². The number of nitrogens with two attached hydrogens (primary N) is 1. The van der Waals surface area contributed by atoms with Crippen LogP contribution >= 0.6 is 0 Å². The van der Waals surface area contributed by atoms with E-state index in [1.165, 1.54) is 0 Å². The third kappa shape index (κ3) is 2.20. The molecule has 1 atom stereocenters. The van der Waals surface area contributed by atoms with Gasteiger partial charge in [0, 0.05) is 36.4 Å². The number of hydrogen-bond donors (Lipinski definition) is 1. The van der Waals surface area contributed by atoms with E-state index in [0.717, 1.165) is 28.5 Å². The third-order valence-electron chi connectivity index (χ3n) is 3.74. The molecule has 5 nitrogen and oxygen atoms in total. The van der Waals surface area contributed by atoms with Gasteiger partial charge in [-0.25, -0.2) is 0 Å². The lowest BCUT2D eigenvalue weighted by Crippen LogP contribution is -2.33. The Kier molecular flexibility index (Phi) is 3.28. The van der Waals surface area contributed by atoms with Crippen LogP contribution in [0.2, 0.25) is 0 Å². The molecule has 0 unspecified atom stereocenters. The lowest BCUT2D eigenvalue weighted by atomic mass is 10.1. The van der Waals surface area contributed by atoms with Crippen molar-refractivity contribution in [3.63, 3.8) is 0 Å². The van der Waals surface area contributed by atoms with Gasteiger partial charge in [-0.2, -0.15) is 0 Å². The fourth-order valence-electron chi connectivity index (χ4n) is 2.60. The molecule has 0 saturated carbocycles. The van der Waals surface area contributed by atoms with Crippen LogP contribution in [0.15, 0.2) is 30.6 Å². The van der Waals surface area contributed by atoms with Gasteiger partial charge >= 0.3 is 0 Å². The molecule has 1 saturated heterocycles. The van der Waals surface area contributed by atoms with Crippen molar-refractivity contribution in [3.05, 3.63) is 36.2 Å². The molecule has 2 N–H and O–H groups in total. The second-order valence-corrected chi connectivity index (χ2v) is 5.04. The largest absolute Gasteiger partial charge is 0.496 e. The average Bonchev–Trinajstić information content (AvgIpc) is 2.78. The number of methoxy groups -OCH3 is 1. The lowest BCUT2D eigenvalue weighted by Gasteiger charge is -2.18. The summed E-state index contributed by atoms with van der Waals surface area (Å²) in [6.45, 7) is 1.23. The molecule has 104 valence electrons. The Morgan fingerprint density at radius 2 is 2.30 bits per heavy atom. The van der Waals surface area contributed by atoms with Gasteiger partial charge in [0.15, 0.2) is 0 Å². The number of hydrogen-bond acceptors (Lipinski definition) is 4. The molecular formula is C15H17N3O2. The maximum atomic E-state index is 11.9. The molecule has 1 aromatic carbocycles. The molecule has 0 radical (unpaired) electrons. The molecule has 3 rings (SSSR count). The number of amides is 1. The molecule has 1 aromatic heterocycles. The van der Waals surface area contributed by atoms with Gasteiger partial charge in [-0.05, 0) is 30.0 Å². The van der Waals surface area contributed by atoms with Gasteiger partial charge < -0.3 is 15.4 Å². The third-order valence-corrected chi connectivity index (χ3v) is 3.74. The van der Waals surface area contributed by atoms with Gasteiger partial charge in [-0.15, -0.1) is 0 Å². The van der Waals surface area contributed by atoms with E-state index < -0.39 is 0 Å². The second-order valence-electron chi connectivity index (χ2n) is 5.04. The number of likely N-dealkylation sites (tertiary alicyclic amines) is 1. The summed E-state index contributed by atoms with van der Waals surface area (Å²) in [4.78, 5) is 17.8. The van der Waals surface area contributed by atoms with Gasteiger partial charge in [-0.1, -0.05) is 0 Å². The highest BCUT2D eigenvalue weighted by molar-refractivity contribution is 5.85. The quantitative estimate of drug-likeness (QED) is 0.913. The molecule has 0 bridgehead atoms. The van der Waals surface area contributed by atoms with Crippen LogP contribution in [0.1, 0.15) is 12.0 Å². The van der Waals surface area contributed by atoms with Gasteiger partial charge in [-0.3, -0.25) is 9.78 Å². The van der Waals surface area contributed by atoms with E-state index in [1.54, 1.807) is 18.2 Å². The Morgan fingerprint density at radius 3 is 3.00 bits per heavy atom. The minimum Gasteiger partial charge on any atom is -0.496 e. The zero-order valence-electron chi connectivity index (χ0n) is 11.4. The molecule has 2 heterocycles. The summed E-state index contributed by atoms with van der Waals surface area (Å²) >= 11 is 0. The predicted octanol–water partition coefficient (Wildman–Crippen LogP) is 1.30. The van der Waals surface area contributed by atoms with Gasteiger partial charge in [0.05, 0.1) is 13.2 Å². The summed E-state index contributed by atoms with van der Waals surface area (Å²) in [6.07, 6.45) is 4.29. The first kappa shape index (κ1) is 12.9. The van der Waals surface area contributed by atoms with Crippen molar-refractivity contribution in [2.24, 2.45) is 5.73 Å². The first-order valence-electron chi connectivity index (χ1n) is 6.64. The van der Waals surface area contributed by atoms with Crippen molar-refractivity contribution < 1.29 is 9.53 Å². The standard InChI is InChI=1S/C15H17N3O2/c1-20-14-7-10-2-4-17-8-11(10)6-12(14)9-18-5-3-13(16)15(18)19/h2,4,6-8,13H,3,5,9,16H2,1H3/t13-/m0/s1. The number of ether oxygens (including phenoxy) is 1. The molecule has 1 aliphatic heterocycles. The second kappa shape index (κ2) is 5.09. The molecule has 0 spiro atoms. The van der Waals surface area contributed by atoms with Crippen molar-refractivity contribution in [1.82, 2.24) is 9.88 Å². The minimum atomic E-state index is -0.358. The van der Waals surface area contributed by atoms with Crippen molar-refractivity contribution in [2.75, 3.05) is 13.7 Å². The summed E-state index contributed by atoms with van der Waals surface area (Å²) in [7, 11) is 1.64. The summed E-state index contributed by atoms with van der Waals surface area (Å²) in [6, 6.07) is 5.59. The predicted molar refractivity (Wildman–Crippen MR) is 76.3 cm³/mol. The number of rotatable bonds is 3. The number of benzene rings is 1. The normalized spacial score (nSPS) is 18.8. The summed E-state index contributed by atoms with van der Waals surface area (Å²) < 4.78 is 5.44. The molecular weight excluding hydrogens is 254 g/mol. The van der Waals surface area contributed by atoms with Crippen LogP contribution in [0, 0.1) is 0 Å². The monoisotopic (exact) mass is 271 g/mol. The highest BCUT2D eigenvalue weighted by Crippen LogP contribution is 2.27. The van der Waals surface area contributed by atoms with Crippen molar-refractivity contribution >= 4 is 16.7 Å². The highest BCUT2D eigenvalue weighted by atomic mass is 16.5. The Balaban J connectivity index is 1.96. The molecule has 1 amide bonds. The molecule has 0 aliphatic carbocycles. The van der Waals surface area contributed by atoms with E-state index in [9.17, 15) is 4.79 Å². The number of carbonyl (C=O) groups excluding carboxylic acids is 1. The van der Waals surface area contributed by atoms with Crippen LogP contribution < -0.4 is 10.5 Å². The molecule has 20 heavy (non-hydrogen) atoms. The van der Waals surface area contributed by atoms with Gasteiger partial charge in [0.2, 0.25) is 5.91 Å². The fraction of sp³-hybridized carbons (Fsp3) is 0.333. The summed E-state index contributed by atoms with van der Waals surface area (Å²) in [5.41, 5.74) is 6.73. The number of aromatic nitrogens is 1. The van der Waals surface area contributed by atoms with Crippen LogP contribution in [0.3, 0.4) is 0 Å². The van der Waals surface area contributed by atoms with Crippen LogP contribution in [0.4, 0.5) is 0 Å². The Labute approximate surface area is 117 Å². The van der Waals surface area contributed by atoms with E-state index in [2.05, 4.69) is 4.98 Å². The van der Waals surface area contributed by atoms with Crippen LogP contribution in [0.5, 0.6) is 5.75 Å².